The van der Waals surface area contributed by atoms with Crippen molar-refractivity contribution in [2.45, 2.75) is 24.5 Å². The number of amides is 1. The second kappa shape index (κ2) is 9.63. The number of carbonyl (C=O) groups is 1. The molecule has 6 heteroatoms. The van der Waals surface area contributed by atoms with E-state index >= 15 is 0 Å². The zero-order valence-electron chi connectivity index (χ0n) is 18.6. The maximum Gasteiger partial charge on any atom is 0.407 e. The molecule has 1 aliphatic carbocycles. The van der Waals surface area contributed by atoms with E-state index in [0.29, 0.717) is 5.56 Å². The minimum atomic E-state index is -1.07. The standard InChI is InChI=1S/C28H26N2O4/c31-26(27(32)24-11-5-6-18-16-29-14-12-19(18)24)13-15-30-28(33)34-17-25-22-9-3-1-7-20(22)21-8-2-4-10-23(21)25/h1-12,14,16,25-27,31-32H,13,15,17H2,(H,30,33). The van der Waals surface area contributed by atoms with Gasteiger partial charge in [-0.05, 0) is 45.7 Å². The van der Waals surface area contributed by atoms with Crippen molar-refractivity contribution in [3.63, 3.8) is 0 Å². The first-order chi connectivity index (χ1) is 16.6. The van der Waals surface area contributed by atoms with Gasteiger partial charge in [0.1, 0.15) is 12.7 Å². The van der Waals surface area contributed by atoms with Gasteiger partial charge in [-0.2, -0.15) is 0 Å². The molecule has 34 heavy (non-hydrogen) atoms. The molecule has 0 saturated heterocycles. The van der Waals surface area contributed by atoms with Crippen molar-refractivity contribution >= 4 is 16.9 Å². The molecule has 1 aliphatic rings. The van der Waals surface area contributed by atoms with Gasteiger partial charge < -0.3 is 20.3 Å². The number of pyridine rings is 1. The van der Waals surface area contributed by atoms with Crippen LogP contribution in [0.2, 0.25) is 0 Å². The molecular formula is C28H26N2O4. The molecule has 1 heterocycles. The zero-order chi connectivity index (χ0) is 23.5. The van der Waals surface area contributed by atoms with Gasteiger partial charge in [-0.3, -0.25) is 4.98 Å². The van der Waals surface area contributed by atoms with E-state index in [1.165, 1.54) is 11.1 Å². The fraction of sp³-hybridized carbons (Fsp3) is 0.214. The summed E-state index contributed by atoms with van der Waals surface area (Å²) >= 11 is 0. The fourth-order valence-electron chi connectivity index (χ4n) is 4.74. The molecule has 0 aliphatic heterocycles. The molecule has 3 aromatic carbocycles. The van der Waals surface area contributed by atoms with Crippen LogP contribution in [0.4, 0.5) is 4.79 Å². The van der Waals surface area contributed by atoms with Gasteiger partial charge in [0.25, 0.3) is 0 Å². The number of nitrogens with zero attached hydrogens (tertiary/aromatic N) is 1. The Balaban J connectivity index is 1.15. The predicted molar refractivity (Wildman–Crippen MR) is 130 cm³/mol. The summed E-state index contributed by atoms with van der Waals surface area (Å²) < 4.78 is 5.52. The number of hydrogen-bond acceptors (Lipinski definition) is 5. The number of ether oxygens (including phenoxy) is 1. The second-order valence-corrected chi connectivity index (χ2v) is 8.50. The summed E-state index contributed by atoms with van der Waals surface area (Å²) in [6, 6.07) is 23.7. The summed E-state index contributed by atoms with van der Waals surface area (Å²) in [5.74, 6) is -0.00795. The molecule has 1 aromatic heterocycles. The Kier molecular flexibility index (Phi) is 6.25. The number of aliphatic hydroxyl groups is 2. The van der Waals surface area contributed by atoms with Crippen LogP contribution in [0.15, 0.2) is 85.2 Å². The molecule has 172 valence electrons. The van der Waals surface area contributed by atoms with Crippen LogP contribution in [0.1, 0.15) is 35.1 Å². The quantitative estimate of drug-likeness (QED) is 0.381. The van der Waals surface area contributed by atoms with Crippen LogP contribution >= 0.6 is 0 Å². The highest BCUT2D eigenvalue weighted by molar-refractivity contribution is 5.85. The molecule has 5 rings (SSSR count). The number of aliphatic hydroxyl groups excluding tert-OH is 2. The van der Waals surface area contributed by atoms with Crippen molar-refractivity contribution < 1.29 is 19.7 Å². The lowest BCUT2D eigenvalue weighted by molar-refractivity contribution is 0.0145. The highest BCUT2D eigenvalue weighted by Gasteiger charge is 2.29. The lowest BCUT2D eigenvalue weighted by Crippen LogP contribution is -2.30. The Morgan fingerprint density at radius 2 is 1.65 bits per heavy atom. The van der Waals surface area contributed by atoms with Gasteiger partial charge >= 0.3 is 6.09 Å². The molecule has 2 unspecified atom stereocenters. The van der Waals surface area contributed by atoms with Crippen molar-refractivity contribution in [2.75, 3.05) is 13.2 Å². The number of carbonyl (C=O) groups excluding carboxylic acids is 1. The van der Waals surface area contributed by atoms with Gasteiger partial charge in [-0.15, -0.1) is 0 Å². The molecule has 0 fully saturated rings. The normalized spacial score (nSPS) is 14.3. The molecule has 1 amide bonds. The average molecular weight is 455 g/mol. The summed E-state index contributed by atoms with van der Waals surface area (Å²) in [7, 11) is 0. The minimum Gasteiger partial charge on any atom is -0.449 e. The van der Waals surface area contributed by atoms with E-state index in [1.54, 1.807) is 18.5 Å². The van der Waals surface area contributed by atoms with E-state index in [-0.39, 0.29) is 25.5 Å². The minimum absolute atomic E-state index is 0.00795. The van der Waals surface area contributed by atoms with Crippen LogP contribution in [0, 0.1) is 0 Å². The van der Waals surface area contributed by atoms with Gasteiger partial charge in [0.05, 0.1) is 6.10 Å². The molecule has 0 saturated carbocycles. The van der Waals surface area contributed by atoms with Crippen LogP contribution in [0.25, 0.3) is 21.9 Å². The number of nitrogens with one attached hydrogen (secondary N) is 1. The molecular weight excluding hydrogens is 428 g/mol. The van der Waals surface area contributed by atoms with Crippen molar-refractivity contribution in [1.82, 2.24) is 10.3 Å². The summed E-state index contributed by atoms with van der Waals surface area (Å²) in [5.41, 5.74) is 5.29. The third kappa shape index (κ3) is 4.25. The van der Waals surface area contributed by atoms with E-state index in [4.69, 9.17) is 4.74 Å². The van der Waals surface area contributed by atoms with Gasteiger partial charge in [-0.25, -0.2) is 4.79 Å². The highest BCUT2D eigenvalue weighted by atomic mass is 16.5. The molecule has 2 atom stereocenters. The summed E-state index contributed by atoms with van der Waals surface area (Å²) in [4.78, 5) is 16.4. The SMILES string of the molecule is O=C(NCCC(O)C(O)c1cccc2cnccc12)OCC1c2ccccc2-c2ccccc21. The molecule has 0 spiro atoms. The van der Waals surface area contributed by atoms with Gasteiger partial charge in [-0.1, -0.05) is 66.7 Å². The Bertz CT molecular complexity index is 1270. The zero-order valence-corrected chi connectivity index (χ0v) is 18.6. The van der Waals surface area contributed by atoms with E-state index in [9.17, 15) is 15.0 Å². The van der Waals surface area contributed by atoms with Crippen LogP contribution in [0.3, 0.4) is 0 Å². The van der Waals surface area contributed by atoms with E-state index in [2.05, 4.69) is 34.6 Å². The lowest BCUT2D eigenvalue weighted by Gasteiger charge is -2.20. The monoisotopic (exact) mass is 454 g/mol. The maximum atomic E-state index is 12.3. The Morgan fingerprint density at radius 1 is 0.941 bits per heavy atom. The Morgan fingerprint density at radius 3 is 2.38 bits per heavy atom. The first-order valence-corrected chi connectivity index (χ1v) is 11.4. The molecule has 0 bridgehead atoms. The highest BCUT2D eigenvalue weighted by Crippen LogP contribution is 2.44. The summed E-state index contributed by atoms with van der Waals surface area (Å²) in [6.45, 7) is 0.413. The number of hydrogen-bond donors (Lipinski definition) is 3. The molecule has 4 aromatic rings. The lowest BCUT2D eigenvalue weighted by atomic mass is 9.97. The Labute approximate surface area is 197 Å². The Hall–Kier alpha value is -3.74. The molecule has 6 nitrogen and oxygen atoms in total. The number of alkyl carbamates (subject to hydrolysis) is 1. The van der Waals surface area contributed by atoms with Crippen molar-refractivity contribution in [1.29, 1.82) is 0 Å². The summed E-state index contributed by atoms with van der Waals surface area (Å²) in [6.07, 6.45) is 0.912. The number of benzene rings is 3. The van der Waals surface area contributed by atoms with Gasteiger partial charge in [0, 0.05) is 30.2 Å². The predicted octanol–water partition coefficient (Wildman–Crippen LogP) is 4.56. The molecule has 3 N–H and O–H groups in total. The van der Waals surface area contributed by atoms with Crippen LogP contribution in [0.5, 0.6) is 0 Å². The third-order valence-electron chi connectivity index (χ3n) is 6.45. The van der Waals surface area contributed by atoms with Crippen LogP contribution in [-0.4, -0.2) is 40.5 Å². The average Bonchev–Trinajstić information content (AvgIpc) is 3.20. The third-order valence-corrected chi connectivity index (χ3v) is 6.45. The number of aromatic nitrogens is 1. The first kappa shape index (κ1) is 22.1. The smallest absolute Gasteiger partial charge is 0.407 e. The summed E-state index contributed by atoms with van der Waals surface area (Å²) in [5, 5.41) is 25.6. The maximum absolute atomic E-state index is 12.3. The van der Waals surface area contributed by atoms with Crippen LogP contribution < -0.4 is 5.32 Å². The van der Waals surface area contributed by atoms with Crippen LogP contribution in [-0.2, 0) is 4.74 Å². The van der Waals surface area contributed by atoms with Crippen molar-refractivity contribution in [3.05, 3.63) is 102 Å². The van der Waals surface area contributed by atoms with E-state index in [0.717, 1.165) is 21.9 Å². The van der Waals surface area contributed by atoms with Gasteiger partial charge in [0.15, 0.2) is 0 Å². The first-order valence-electron chi connectivity index (χ1n) is 11.4. The van der Waals surface area contributed by atoms with Crippen molar-refractivity contribution in [2.24, 2.45) is 0 Å². The fourth-order valence-corrected chi connectivity index (χ4v) is 4.74. The van der Waals surface area contributed by atoms with E-state index in [1.807, 2.05) is 42.5 Å². The second-order valence-electron chi connectivity index (χ2n) is 8.50. The largest absolute Gasteiger partial charge is 0.449 e. The number of rotatable bonds is 7. The van der Waals surface area contributed by atoms with E-state index < -0.39 is 18.3 Å². The van der Waals surface area contributed by atoms with Gasteiger partial charge in [0.2, 0.25) is 0 Å². The number of fused-ring (bicyclic) bond motifs is 4. The van der Waals surface area contributed by atoms with Crippen molar-refractivity contribution in [3.8, 4) is 11.1 Å². The topological polar surface area (TPSA) is 91.7 Å². The molecule has 0 radical (unpaired) electrons.